The summed E-state index contributed by atoms with van der Waals surface area (Å²) in [4.78, 5) is 5.01. The van der Waals surface area contributed by atoms with Crippen molar-refractivity contribution >= 4 is 54.6 Å². The number of ether oxygens (including phenoxy) is 1. The molecule has 0 unspecified atom stereocenters. The second-order valence-electron chi connectivity index (χ2n) is 19.0. The molecule has 13 rings (SSSR count). The minimum Gasteiger partial charge on any atom is -0.458 e. The monoisotopic (exact) mass is 901 g/mol. The molecule has 6 heteroatoms. The summed E-state index contributed by atoms with van der Waals surface area (Å²) in [5.74, 6) is 2.31. The van der Waals surface area contributed by atoms with Gasteiger partial charge in [-0.25, -0.2) is 4.98 Å². The lowest BCUT2D eigenvalue weighted by atomic mass is 9.88. The number of imidazole rings is 1. The van der Waals surface area contributed by atoms with E-state index in [1.54, 1.807) is 0 Å². The number of fused-ring (bicyclic) bond motifs is 7. The minimum absolute atomic E-state index is 0.0589. The van der Waals surface area contributed by atoms with Crippen LogP contribution in [0.4, 0.5) is 0 Å². The topological polar surface area (TPSA) is 40.8 Å². The summed E-state index contributed by atoms with van der Waals surface area (Å²) >= 11 is 0. The highest BCUT2D eigenvalue weighted by molar-refractivity contribution is 6.12. The van der Waals surface area contributed by atoms with E-state index >= 15 is 0 Å². The number of rotatable bonds is 8. The molecule has 0 bridgehead atoms. The second-order valence-corrected chi connectivity index (χ2v) is 19.0. The molecule has 334 valence electrons. The van der Waals surface area contributed by atoms with Gasteiger partial charge in [0.25, 0.3) is 6.33 Å². The molecular formula is C64H47N5O. The average Bonchev–Trinajstić information content (AvgIpc) is 4.06. The van der Waals surface area contributed by atoms with Crippen LogP contribution < -0.4 is 9.30 Å². The van der Waals surface area contributed by atoms with Gasteiger partial charge in [-0.1, -0.05) is 166 Å². The molecule has 70 heavy (non-hydrogen) atoms. The SMILES string of the molecule is CC(C)(C)c1ccnc(-n2c3ccc(-n4c5ccccc5c5ccccc54)cc3c3ccc(Oc4cccc(-n5[c-][n+](-c6c(-c7ccccc7)cccc6-c6ccccc6)c6ccccc65)c4)cc32)c1. The van der Waals surface area contributed by atoms with Crippen LogP contribution in [0.3, 0.4) is 0 Å². The van der Waals surface area contributed by atoms with Crippen molar-refractivity contribution in [2.24, 2.45) is 0 Å². The van der Waals surface area contributed by atoms with Crippen molar-refractivity contribution in [3.05, 3.63) is 243 Å². The first-order valence-corrected chi connectivity index (χ1v) is 23.9. The highest BCUT2D eigenvalue weighted by Gasteiger charge is 2.22. The van der Waals surface area contributed by atoms with Gasteiger partial charge in [-0.15, -0.1) is 0 Å². The van der Waals surface area contributed by atoms with E-state index in [4.69, 9.17) is 9.72 Å². The molecule has 13 aromatic rings. The summed E-state index contributed by atoms with van der Waals surface area (Å²) in [6.07, 6.45) is 5.74. The van der Waals surface area contributed by atoms with Crippen LogP contribution >= 0.6 is 0 Å². The van der Waals surface area contributed by atoms with Gasteiger partial charge >= 0.3 is 0 Å². The Morgan fingerprint density at radius 3 is 1.74 bits per heavy atom. The molecule has 0 aliphatic heterocycles. The Kier molecular flexibility index (Phi) is 9.63. The largest absolute Gasteiger partial charge is 0.458 e. The molecule has 0 fully saturated rings. The van der Waals surface area contributed by atoms with Crippen molar-refractivity contribution in [3.63, 3.8) is 0 Å². The zero-order valence-corrected chi connectivity index (χ0v) is 39.1. The molecule has 9 aromatic carbocycles. The summed E-state index contributed by atoms with van der Waals surface area (Å²) < 4.78 is 15.9. The van der Waals surface area contributed by atoms with Crippen LogP contribution in [0.5, 0.6) is 11.5 Å². The number of para-hydroxylation sites is 5. The van der Waals surface area contributed by atoms with E-state index in [2.05, 4.69) is 264 Å². The molecule has 0 N–H and O–H groups in total. The van der Waals surface area contributed by atoms with Crippen LogP contribution in [0, 0.1) is 6.33 Å². The number of aromatic nitrogens is 5. The predicted octanol–water partition coefficient (Wildman–Crippen LogP) is 15.7. The van der Waals surface area contributed by atoms with E-state index in [0.29, 0.717) is 5.75 Å². The van der Waals surface area contributed by atoms with Crippen LogP contribution in [0.1, 0.15) is 26.3 Å². The zero-order valence-electron chi connectivity index (χ0n) is 39.1. The summed E-state index contributed by atoms with van der Waals surface area (Å²) in [5.41, 5.74) is 15.3. The van der Waals surface area contributed by atoms with Gasteiger partial charge in [0.2, 0.25) is 0 Å². The molecule has 0 radical (unpaired) electrons. The Hall–Kier alpha value is -9.00. The molecule has 6 nitrogen and oxygen atoms in total. The van der Waals surface area contributed by atoms with Crippen molar-refractivity contribution in [2.45, 2.75) is 26.2 Å². The average molecular weight is 902 g/mol. The Morgan fingerprint density at radius 1 is 0.443 bits per heavy atom. The van der Waals surface area contributed by atoms with Crippen LogP contribution in [-0.2, 0) is 5.41 Å². The highest BCUT2D eigenvalue weighted by atomic mass is 16.5. The van der Waals surface area contributed by atoms with E-state index in [1.807, 2.05) is 12.3 Å². The number of pyridine rings is 1. The van der Waals surface area contributed by atoms with E-state index in [-0.39, 0.29) is 5.41 Å². The van der Waals surface area contributed by atoms with Crippen molar-refractivity contribution in [1.82, 2.24) is 18.7 Å². The Balaban J connectivity index is 0.940. The fourth-order valence-corrected chi connectivity index (χ4v) is 10.4. The summed E-state index contributed by atoms with van der Waals surface area (Å²) in [7, 11) is 0. The Labute approximate surface area is 406 Å². The van der Waals surface area contributed by atoms with Gasteiger partial charge in [0.05, 0.1) is 44.5 Å². The number of nitrogens with zero attached hydrogens (tertiary/aromatic N) is 5. The Bertz CT molecular complexity index is 4020. The van der Waals surface area contributed by atoms with E-state index in [1.165, 1.54) is 27.4 Å². The second kappa shape index (κ2) is 16.4. The van der Waals surface area contributed by atoms with Crippen molar-refractivity contribution in [2.75, 3.05) is 0 Å². The highest BCUT2D eigenvalue weighted by Crippen LogP contribution is 2.40. The predicted molar refractivity (Wildman–Crippen MR) is 286 cm³/mol. The number of benzene rings is 9. The summed E-state index contributed by atoms with van der Waals surface area (Å²) in [6.45, 7) is 6.74. The maximum Gasteiger partial charge on any atom is 0.269 e. The van der Waals surface area contributed by atoms with Crippen LogP contribution in [0.2, 0.25) is 0 Å². The lowest BCUT2D eigenvalue weighted by molar-refractivity contribution is -0.571. The maximum atomic E-state index is 6.88. The third-order valence-corrected chi connectivity index (χ3v) is 13.7. The van der Waals surface area contributed by atoms with Gasteiger partial charge in [0, 0.05) is 39.5 Å². The van der Waals surface area contributed by atoms with Crippen LogP contribution in [0.15, 0.2) is 231 Å². The smallest absolute Gasteiger partial charge is 0.269 e. The van der Waals surface area contributed by atoms with Gasteiger partial charge in [-0.3, -0.25) is 13.7 Å². The van der Waals surface area contributed by atoms with Gasteiger partial charge in [0.1, 0.15) is 17.3 Å². The molecule has 0 aliphatic carbocycles. The van der Waals surface area contributed by atoms with Crippen molar-refractivity contribution < 1.29 is 9.30 Å². The molecule has 0 atom stereocenters. The summed E-state index contributed by atoms with van der Waals surface area (Å²) in [5, 5.41) is 4.73. The van der Waals surface area contributed by atoms with Gasteiger partial charge in [-0.2, -0.15) is 0 Å². The van der Waals surface area contributed by atoms with Crippen molar-refractivity contribution in [1.29, 1.82) is 0 Å². The Morgan fingerprint density at radius 2 is 1.04 bits per heavy atom. The van der Waals surface area contributed by atoms with Crippen LogP contribution in [0.25, 0.3) is 99.8 Å². The third-order valence-electron chi connectivity index (χ3n) is 13.7. The normalized spacial score (nSPS) is 11.9. The van der Waals surface area contributed by atoms with Gasteiger partial charge in [-0.05, 0) is 106 Å². The fourth-order valence-electron chi connectivity index (χ4n) is 10.4. The first-order valence-electron chi connectivity index (χ1n) is 23.9. The zero-order chi connectivity index (χ0) is 46.9. The molecule has 0 saturated heterocycles. The summed E-state index contributed by atoms with van der Waals surface area (Å²) in [6, 6.07) is 79.5. The first kappa shape index (κ1) is 41.2. The molecule has 0 saturated carbocycles. The number of hydrogen-bond donors (Lipinski definition) is 0. The maximum absolute atomic E-state index is 6.88. The van der Waals surface area contributed by atoms with E-state index in [9.17, 15) is 0 Å². The lowest BCUT2D eigenvalue weighted by Gasteiger charge is -2.20. The standard InChI is InChI=1S/C64H47N5O/c1-64(2,3)45-36-37-65-62(38-45)69-58-35-32-47(68-56-28-12-10-24-52(56)53-25-11-13-29-57(53)68)40-55(58)54-34-33-49(41-61(54)69)70-48-23-16-22-46(39-48)66-42-67(60-31-15-14-30-59(60)66)63-50(43-18-6-4-7-19-43)26-17-27-51(63)44-20-8-5-9-21-44/h4-41H,1-3H3. The first-order chi connectivity index (χ1) is 34.4. The van der Waals surface area contributed by atoms with Crippen LogP contribution in [-0.4, -0.2) is 18.7 Å². The van der Waals surface area contributed by atoms with Gasteiger partial charge < -0.3 is 9.30 Å². The molecular weight excluding hydrogens is 855 g/mol. The molecule has 0 aliphatic rings. The molecule has 0 spiro atoms. The van der Waals surface area contributed by atoms with E-state index in [0.717, 1.165) is 83.7 Å². The molecule has 4 heterocycles. The van der Waals surface area contributed by atoms with Gasteiger partial charge in [0.15, 0.2) is 0 Å². The number of hydrogen-bond acceptors (Lipinski definition) is 2. The van der Waals surface area contributed by atoms with E-state index < -0.39 is 0 Å². The van der Waals surface area contributed by atoms with Crippen molar-refractivity contribution in [3.8, 4) is 56.6 Å². The molecule has 0 amide bonds. The lowest BCUT2D eigenvalue weighted by Crippen LogP contribution is -2.31. The molecule has 4 aromatic heterocycles. The fraction of sp³-hybridized carbons (Fsp3) is 0.0625. The minimum atomic E-state index is -0.0589. The quantitative estimate of drug-likeness (QED) is 0.113. The third kappa shape index (κ3) is 6.87.